The molecule has 23 heavy (non-hydrogen) atoms. The molecule has 118 valence electrons. The summed E-state index contributed by atoms with van der Waals surface area (Å²) in [4.78, 5) is 16.8. The summed E-state index contributed by atoms with van der Waals surface area (Å²) in [6, 6.07) is 11.1. The van der Waals surface area contributed by atoms with Crippen molar-refractivity contribution in [3.05, 3.63) is 54.0 Å². The van der Waals surface area contributed by atoms with E-state index in [0.29, 0.717) is 18.7 Å². The van der Waals surface area contributed by atoms with Crippen LogP contribution in [0.2, 0.25) is 0 Å². The van der Waals surface area contributed by atoms with E-state index in [4.69, 9.17) is 9.68 Å². The summed E-state index contributed by atoms with van der Waals surface area (Å²) in [5, 5.41) is 8.87. The van der Waals surface area contributed by atoms with Crippen molar-refractivity contribution in [2.45, 2.75) is 25.9 Å². The van der Waals surface area contributed by atoms with Gasteiger partial charge in [-0.2, -0.15) is 5.26 Å². The molecule has 2 heterocycles. The van der Waals surface area contributed by atoms with Gasteiger partial charge in [0.1, 0.15) is 0 Å². The van der Waals surface area contributed by atoms with E-state index in [2.05, 4.69) is 17.9 Å². The van der Waals surface area contributed by atoms with Gasteiger partial charge in [-0.05, 0) is 43.3 Å². The molecular weight excluding hydrogens is 290 g/mol. The van der Waals surface area contributed by atoms with Crippen molar-refractivity contribution in [2.24, 2.45) is 0 Å². The van der Waals surface area contributed by atoms with Gasteiger partial charge < -0.3 is 9.32 Å². The molecule has 0 N–H and O–H groups in total. The molecule has 0 aliphatic carbocycles. The Balaban J connectivity index is 1.73. The Kier molecular flexibility index (Phi) is 4.45. The average Bonchev–Trinajstić information content (AvgIpc) is 3.22. The van der Waals surface area contributed by atoms with Crippen molar-refractivity contribution >= 4 is 11.6 Å². The largest absolute Gasteiger partial charge is 0.472 e. The normalized spacial score (nSPS) is 17.7. The highest BCUT2D eigenvalue weighted by molar-refractivity contribution is 5.99. The highest BCUT2D eigenvalue weighted by atomic mass is 16.3. The maximum absolute atomic E-state index is 12.8. The van der Waals surface area contributed by atoms with Crippen LogP contribution in [-0.4, -0.2) is 29.9 Å². The topological polar surface area (TPSA) is 60.5 Å². The van der Waals surface area contributed by atoms with Crippen molar-refractivity contribution in [1.82, 2.24) is 4.90 Å². The van der Waals surface area contributed by atoms with Gasteiger partial charge in [0.15, 0.2) is 0 Å². The molecule has 1 fully saturated rings. The van der Waals surface area contributed by atoms with Gasteiger partial charge in [0.2, 0.25) is 5.91 Å². The molecule has 3 rings (SSSR count). The molecule has 1 aromatic heterocycles. The Labute approximate surface area is 135 Å². The van der Waals surface area contributed by atoms with Crippen LogP contribution < -0.4 is 4.90 Å². The first-order valence-corrected chi connectivity index (χ1v) is 7.79. The predicted octanol–water partition coefficient (Wildman–Crippen LogP) is 2.78. The summed E-state index contributed by atoms with van der Waals surface area (Å²) in [6.45, 7) is 4.29. The number of hydrogen-bond donors (Lipinski definition) is 0. The molecule has 1 aliphatic heterocycles. The van der Waals surface area contributed by atoms with E-state index in [1.807, 2.05) is 23.1 Å². The Hall–Kier alpha value is -2.58. The van der Waals surface area contributed by atoms with Crippen LogP contribution in [0, 0.1) is 11.3 Å². The molecule has 1 amide bonds. The minimum atomic E-state index is -0.106. The third-order valence-corrected chi connectivity index (χ3v) is 4.30. The van der Waals surface area contributed by atoms with Crippen molar-refractivity contribution < 1.29 is 9.21 Å². The van der Waals surface area contributed by atoms with Crippen LogP contribution in [0.4, 0.5) is 5.69 Å². The second-order valence-corrected chi connectivity index (χ2v) is 5.65. The van der Waals surface area contributed by atoms with E-state index < -0.39 is 0 Å². The van der Waals surface area contributed by atoms with Crippen molar-refractivity contribution in [2.75, 3.05) is 18.0 Å². The minimum absolute atomic E-state index is 0.106. The van der Waals surface area contributed by atoms with E-state index >= 15 is 0 Å². The number of hydrogen-bond acceptors (Lipinski definition) is 4. The van der Waals surface area contributed by atoms with Crippen LogP contribution in [0.15, 0.2) is 47.3 Å². The maximum Gasteiger partial charge on any atom is 0.244 e. The lowest BCUT2D eigenvalue weighted by molar-refractivity contribution is -0.121. The second kappa shape index (κ2) is 6.67. The number of furan rings is 1. The fraction of sp³-hybridized carbons (Fsp3) is 0.333. The lowest BCUT2D eigenvalue weighted by atomic mass is 10.2. The molecule has 0 unspecified atom stereocenters. The number of likely N-dealkylation sites (N-methyl/N-ethyl adjacent to an activating group) is 1. The molecule has 0 bridgehead atoms. The van der Waals surface area contributed by atoms with Gasteiger partial charge in [-0.1, -0.05) is 6.92 Å². The van der Waals surface area contributed by atoms with Crippen LogP contribution in [0.1, 0.15) is 24.5 Å². The van der Waals surface area contributed by atoms with Crippen LogP contribution >= 0.6 is 0 Å². The van der Waals surface area contributed by atoms with Gasteiger partial charge >= 0.3 is 0 Å². The quantitative estimate of drug-likeness (QED) is 0.852. The van der Waals surface area contributed by atoms with Gasteiger partial charge in [-0.15, -0.1) is 0 Å². The smallest absolute Gasteiger partial charge is 0.244 e. The number of carbonyl (C=O) groups is 1. The molecule has 5 nitrogen and oxygen atoms in total. The molecule has 2 aromatic rings. The lowest BCUT2D eigenvalue weighted by Crippen LogP contribution is -2.41. The first-order chi connectivity index (χ1) is 11.2. The number of amides is 1. The summed E-state index contributed by atoms with van der Waals surface area (Å²) >= 11 is 0. The summed E-state index contributed by atoms with van der Waals surface area (Å²) in [5.41, 5.74) is 2.54. The number of benzene rings is 1. The molecular formula is C18H19N3O2. The molecule has 1 aromatic carbocycles. The lowest BCUT2D eigenvalue weighted by Gasteiger charge is -2.26. The number of rotatable bonds is 5. The Morgan fingerprint density at radius 3 is 2.74 bits per heavy atom. The number of nitriles is 1. The summed E-state index contributed by atoms with van der Waals surface area (Å²) < 4.78 is 5.11. The second-order valence-electron chi connectivity index (χ2n) is 5.65. The number of carbonyl (C=O) groups excluding carboxylic acids is 1. The standard InChI is InChI=1S/C18H19N3O2/c1-2-20(12-15-8-10-23-13-15)17-7-9-21(18(17)22)16-5-3-14(11-19)4-6-16/h3-6,8,10,13,17H,2,7,9,12H2,1H3/t17-/m0/s1. The molecule has 0 radical (unpaired) electrons. The molecule has 0 saturated carbocycles. The zero-order chi connectivity index (χ0) is 16.2. The Morgan fingerprint density at radius 1 is 1.35 bits per heavy atom. The van der Waals surface area contributed by atoms with Crippen molar-refractivity contribution in [3.8, 4) is 6.07 Å². The van der Waals surface area contributed by atoms with E-state index in [1.165, 1.54) is 0 Å². The highest BCUT2D eigenvalue weighted by Gasteiger charge is 2.36. The van der Waals surface area contributed by atoms with E-state index in [9.17, 15) is 4.79 Å². The van der Waals surface area contributed by atoms with E-state index in [0.717, 1.165) is 24.2 Å². The number of nitrogens with zero attached hydrogens (tertiary/aromatic N) is 3. The average molecular weight is 309 g/mol. The Morgan fingerprint density at radius 2 is 2.13 bits per heavy atom. The summed E-state index contributed by atoms with van der Waals surface area (Å²) in [5.74, 6) is 0.125. The van der Waals surface area contributed by atoms with Gasteiger partial charge in [0, 0.05) is 24.3 Å². The summed E-state index contributed by atoms with van der Waals surface area (Å²) in [7, 11) is 0. The maximum atomic E-state index is 12.8. The van der Waals surface area contributed by atoms with Crippen molar-refractivity contribution in [1.29, 1.82) is 5.26 Å². The van der Waals surface area contributed by atoms with Crippen LogP contribution in [0.5, 0.6) is 0 Å². The predicted molar refractivity (Wildman–Crippen MR) is 86.7 cm³/mol. The molecule has 1 saturated heterocycles. The first-order valence-electron chi connectivity index (χ1n) is 7.79. The molecule has 1 aliphatic rings. The van der Waals surface area contributed by atoms with Gasteiger partial charge in [0.05, 0.1) is 30.2 Å². The summed E-state index contributed by atoms with van der Waals surface area (Å²) in [6.07, 6.45) is 4.19. The van der Waals surface area contributed by atoms with Crippen molar-refractivity contribution in [3.63, 3.8) is 0 Å². The zero-order valence-corrected chi connectivity index (χ0v) is 13.1. The third kappa shape index (κ3) is 3.13. The Bertz CT molecular complexity index is 701. The van der Waals surface area contributed by atoms with E-state index in [-0.39, 0.29) is 11.9 Å². The van der Waals surface area contributed by atoms with Gasteiger partial charge in [-0.25, -0.2) is 0 Å². The minimum Gasteiger partial charge on any atom is -0.472 e. The molecule has 1 atom stereocenters. The fourth-order valence-corrected chi connectivity index (χ4v) is 3.04. The highest BCUT2D eigenvalue weighted by Crippen LogP contribution is 2.25. The number of anilines is 1. The van der Waals surface area contributed by atoms with E-state index in [1.54, 1.807) is 24.7 Å². The third-order valence-electron chi connectivity index (χ3n) is 4.30. The van der Waals surface area contributed by atoms with Crippen LogP contribution in [0.3, 0.4) is 0 Å². The monoisotopic (exact) mass is 309 g/mol. The van der Waals surface area contributed by atoms with Crippen LogP contribution in [-0.2, 0) is 11.3 Å². The molecule has 0 spiro atoms. The SMILES string of the molecule is CCN(Cc1ccoc1)[C@H]1CCN(c2ccc(C#N)cc2)C1=O. The fourth-order valence-electron chi connectivity index (χ4n) is 3.04. The first kappa shape index (κ1) is 15.3. The zero-order valence-electron chi connectivity index (χ0n) is 13.1. The van der Waals surface area contributed by atoms with Crippen LogP contribution in [0.25, 0.3) is 0 Å². The van der Waals surface area contributed by atoms with Gasteiger partial charge in [-0.3, -0.25) is 9.69 Å². The van der Waals surface area contributed by atoms with Gasteiger partial charge in [0.25, 0.3) is 0 Å². The molecule has 5 heteroatoms.